The third-order valence-electron chi connectivity index (χ3n) is 4.50. The predicted molar refractivity (Wildman–Crippen MR) is 104 cm³/mol. The SMILES string of the molecule is CC1CCCCN1c1ccc(N)cc1NC(=O)c1ccccc1Br. The highest BCUT2D eigenvalue weighted by Crippen LogP contribution is 2.33. The van der Waals surface area contributed by atoms with E-state index >= 15 is 0 Å². The third kappa shape index (κ3) is 3.56. The van der Waals surface area contributed by atoms with E-state index in [-0.39, 0.29) is 5.91 Å². The van der Waals surface area contributed by atoms with Gasteiger partial charge in [0.1, 0.15) is 0 Å². The van der Waals surface area contributed by atoms with Crippen LogP contribution < -0.4 is 16.0 Å². The van der Waals surface area contributed by atoms with E-state index in [1.54, 1.807) is 6.07 Å². The Morgan fingerprint density at radius 1 is 1.25 bits per heavy atom. The van der Waals surface area contributed by atoms with Crippen LogP contribution in [0.4, 0.5) is 17.1 Å². The number of hydrogen-bond acceptors (Lipinski definition) is 3. The normalized spacial score (nSPS) is 17.6. The average molecular weight is 388 g/mol. The number of hydrogen-bond donors (Lipinski definition) is 2. The van der Waals surface area contributed by atoms with Crippen molar-refractivity contribution < 1.29 is 4.79 Å². The highest BCUT2D eigenvalue weighted by molar-refractivity contribution is 9.10. The van der Waals surface area contributed by atoms with Crippen LogP contribution >= 0.6 is 15.9 Å². The minimum absolute atomic E-state index is 0.140. The van der Waals surface area contributed by atoms with Gasteiger partial charge >= 0.3 is 0 Å². The molecule has 1 amide bonds. The zero-order chi connectivity index (χ0) is 17.1. The molecule has 3 N–H and O–H groups in total. The molecule has 0 saturated carbocycles. The minimum atomic E-state index is -0.140. The Morgan fingerprint density at radius 3 is 2.79 bits per heavy atom. The molecule has 0 bridgehead atoms. The summed E-state index contributed by atoms with van der Waals surface area (Å²) in [4.78, 5) is 15.0. The summed E-state index contributed by atoms with van der Waals surface area (Å²) in [5, 5.41) is 3.04. The topological polar surface area (TPSA) is 58.4 Å². The Kier molecular flexibility index (Phi) is 5.09. The molecule has 5 heteroatoms. The van der Waals surface area contributed by atoms with Crippen LogP contribution in [0.25, 0.3) is 0 Å². The number of nitrogens with two attached hydrogens (primary N) is 1. The average Bonchev–Trinajstić information content (AvgIpc) is 2.56. The van der Waals surface area contributed by atoms with Crippen LogP contribution in [0, 0.1) is 0 Å². The van der Waals surface area contributed by atoms with Gasteiger partial charge in [0.25, 0.3) is 5.91 Å². The Bertz CT molecular complexity index is 747. The lowest BCUT2D eigenvalue weighted by molar-refractivity contribution is 0.102. The predicted octanol–water partition coefficient (Wildman–Crippen LogP) is 4.66. The van der Waals surface area contributed by atoms with E-state index in [1.165, 1.54) is 19.3 Å². The monoisotopic (exact) mass is 387 g/mol. The molecule has 126 valence electrons. The molecule has 2 aromatic rings. The van der Waals surface area contributed by atoms with E-state index in [0.717, 1.165) is 22.4 Å². The highest BCUT2D eigenvalue weighted by Gasteiger charge is 2.22. The first kappa shape index (κ1) is 16.8. The molecule has 1 saturated heterocycles. The molecule has 1 fully saturated rings. The van der Waals surface area contributed by atoms with Gasteiger partial charge in [-0.3, -0.25) is 4.79 Å². The zero-order valence-electron chi connectivity index (χ0n) is 13.8. The fourth-order valence-electron chi connectivity index (χ4n) is 3.20. The van der Waals surface area contributed by atoms with Gasteiger partial charge in [-0.05, 0) is 72.4 Å². The Morgan fingerprint density at radius 2 is 2.04 bits per heavy atom. The van der Waals surface area contributed by atoms with Crippen molar-refractivity contribution in [2.45, 2.75) is 32.2 Å². The van der Waals surface area contributed by atoms with E-state index < -0.39 is 0 Å². The van der Waals surface area contributed by atoms with E-state index in [1.807, 2.05) is 36.4 Å². The van der Waals surface area contributed by atoms with Crippen LogP contribution in [-0.4, -0.2) is 18.5 Å². The lowest BCUT2D eigenvalue weighted by Gasteiger charge is -2.36. The molecule has 0 aromatic heterocycles. The van der Waals surface area contributed by atoms with Gasteiger partial charge in [0.2, 0.25) is 0 Å². The summed E-state index contributed by atoms with van der Waals surface area (Å²) in [6.45, 7) is 3.23. The summed E-state index contributed by atoms with van der Waals surface area (Å²) in [6.07, 6.45) is 3.60. The summed E-state index contributed by atoms with van der Waals surface area (Å²) in [7, 11) is 0. The second kappa shape index (κ2) is 7.26. The van der Waals surface area contributed by atoms with Gasteiger partial charge in [0, 0.05) is 22.7 Å². The number of carbonyl (C=O) groups excluding carboxylic acids is 1. The molecular weight excluding hydrogens is 366 g/mol. The second-order valence-electron chi connectivity index (χ2n) is 6.25. The standard InChI is InChI=1S/C19H22BrN3O/c1-13-6-4-5-11-23(13)18-10-9-14(21)12-17(18)22-19(24)15-7-2-3-8-16(15)20/h2-3,7-10,12-13H,4-6,11,21H2,1H3,(H,22,24). The van der Waals surface area contributed by atoms with Crippen molar-refractivity contribution in [1.82, 2.24) is 0 Å². The van der Waals surface area contributed by atoms with Gasteiger partial charge in [0.05, 0.1) is 16.9 Å². The molecule has 4 nitrogen and oxygen atoms in total. The molecule has 2 aromatic carbocycles. The maximum atomic E-state index is 12.7. The van der Waals surface area contributed by atoms with E-state index in [4.69, 9.17) is 5.73 Å². The third-order valence-corrected chi connectivity index (χ3v) is 5.19. The summed E-state index contributed by atoms with van der Waals surface area (Å²) < 4.78 is 0.777. The van der Waals surface area contributed by atoms with Crippen molar-refractivity contribution in [3.8, 4) is 0 Å². The number of nitrogens with zero attached hydrogens (tertiary/aromatic N) is 1. The number of anilines is 3. The van der Waals surface area contributed by atoms with Crippen molar-refractivity contribution >= 4 is 38.9 Å². The molecule has 0 aliphatic carbocycles. The maximum absolute atomic E-state index is 12.7. The summed E-state index contributed by atoms with van der Waals surface area (Å²) >= 11 is 3.43. The van der Waals surface area contributed by atoms with Crippen LogP contribution in [0.3, 0.4) is 0 Å². The minimum Gasteiger partial charge on any atom is -0.399 e. The molecule has 0 spiro atoms. The number of nitrogen functional groups attached to an aromatic ring is 1. The summed E-state index contributed by atoms with van der Waals surface area (Å²) in [5.41, 5.74) is 9.02. The first-order valence-corrected chi connectivity index (χ1v) is 9.07. The van der Waals surface area contributed by atoms with Crippen molar-refractivity contribution in [2.24, 2.45) is 0 Å². The van der Waals surface area contributed by atoms with Crippen LogP contribution in [0.1, 0.15) is 36.5 Å². The number of rotatable bonds is 3. The lowest BCUT2D eigenvalue weighted by Crippen LogP contribution is -2.38. The van der Waals surface area contributed by atoms with Crippen LogP contribution in [0.2, 0.25) is 0 Å². The molecule has 1 heterocycles. The zero-order valence-corrected chi connectivity index (χ0v) is 15.3. The van der Waals surface area contributed by atoms with E-state index in [9.17, 15) is 4.79 Å². The Labute approximate surface area is 151 Å². The van der Waals surface area contributed by atoms with Crippen LogP contribution in [0.5, 0.6) is 0 Å². The molecule has 1 unspecified atom stereocenters. The largest absolute Gasteiger partial charge is 0.399 e. The number of nitrogens with one attached hydrogen (secondary N) is 1. The number of piperidine rings is 1. The van der Waals surface area contributed by atoms with Crippen molar-refractivity contribution in [3.05, 3.63) is 52.5 Å². The smallest absolute Gasteiger partial charge is 0.256 e. The number of benzene rings is 2. The van der Waals surface area contributed by atoms with Gasteiger partial charge < -0.3 is 16.0 Å². The molecule has 1 aliphatic heterocycles. The van der Waals surface area contributed by atoms with Gasteiger partial charge in [-0.2, -0.15) is 0 Å². The molecule has 0 radical (unpaired) electrons. The molecule has 24 heavy (non-hydrogen) atoms. The van der Waals surface area contributed by atoms with E-state index in [0.29, 0.717) is 17.3 Å². The van der Waals surface area contributed by atoms with Gasteiger partial charge in [0.15, 0.2) is 0 Å². The first-order chi connectivity index (χ1) is 11.6. The van der Waals surface area contributed by atoms with Crippen molar-refractivity contribution in [2.75, 3.05) is 22.5 Å². The Hall–Kier alpha value is -2.01. The number of carbonyl (C=O) groups is 1. The maximum Gasteiger partial charge on any atom is 0.256 e. The molecule has 1 aliphatic rings. The van der Waals surface area contributed by atoms with Crippen LogP contribution in [-0.2, 0) is 0 Å². The molecule has 3 rings (SSSR count). The first-order valence-electron chi connectivity index (χ1n) is 8.28. The summed E-state index contributed by atoms with van der Waals surface area (Å²) in [5.74, 6) is -0.140. The number of halogens is 1. The quantitative estimate of drug-likeness (QED) is 0.752. The van der Waals surface area contributed by atoms with Gasteiger partial charge in [-0.25, -0.2) is 0 Å². The molecule has 1 atom stereocenters. The second-order valence-corrected chi connectivity index (χ2v) is 7.10. The molecular formula is C19H22BrN3O. The number of amides is 1. The lowest BCUT2D eigenvalue weighted by atomic mass is 10.0. The fourth-order valence-corrected chi connectivity index (χ4v) is 3.66. The van der Waals surface area contributed by atoms with Crippen molar-refractivity contribution in [3.63, 3.8) is 0 Å². The Balaban J connectivity index is 1.91. The van der Waals surface area contributed by atoms with Crippen LogP contribution in [0.15, 0.2) is 46.9 Å². The highest BCUT2D eigenvalue weighted by atomic mass is 79.9. The van der Waals surface area contributed by atoms with E-state index in [2.05, 4.69) is 33.1 Å². The summed E-state index contributed by atoms with van der Waals surface area (Å²) in [6, 6.07) is 13.6. The van der Waals surface area contributed by atoms with Gasteiger partial charge in [-0.15, -0.1) is 0 Å². The van der Waals surface area contributed by atoms with Gasteiger partial charge in [-0.1, -0.05) is 12.1 Å². The fraction of sp³-hybridized carbons (Fsp3) is 0.316. The van der Waals surface area contributed by atoms with Crippen molar-refractivity contribution in [1.29, 1.82) is 0 Å².